The molecular weight excluding hydrogens is 344 g/mol. The van der Waals surface area contributed by atoms with Crippen LogP contribution in [0.15, 0.2) is 46.4 Å². The molecule has 0 bridgehead atoms. The van der Waals surface area contributed by atoms with E-state index in [9.17, 15) is 8.42 Å². The summed E-state index contributed by atoms with van der Waals surface area (Å²) < 4.78 is 25.4. The summed E-state index contributed by atoms with van der Waals surface area (Å²) in [6.45, 7) is 0. The minimum Gasteiger partial charge on any atom is -0.331 e. The first-order chi connectivity index (χ1) is 11.4. The van der Waals surface area contributed by atoms with Crippen molar-refractivity contribution in [1.29, 1.82) is 0 Å². The predicted octanol–water partition coefficient (Wildman–Crippen LogP) is 2.57. The van der Waals surface area contributed by atoms with Crippen molar-refractivity contribution in [3.63, 3.8) is 0 Å². The van der Waals surface area contributed by atoms with Gasteiger partial charge in [0.15, 0.2) is 5.11 Å². The van der Waals surface area contributed by atoms with Crippen molar-refractivity contribution < 1.29 is 8.42 Å². The second-order valence-electron chi connectivity index (χ2n) is 5.70. The zero-order valence-electron chi connectivity index (χ0n) is 13.8. The fourth-order valence-corrected chi connectivity index (χ4v) is 3.38. The van der Waals surface area contributed by atoms with Crippen molar-refractivity contribution in [2.75, 3.05) is 19.4 Å². The zero-order valence-corrected chi connectivity index (χ0v) is 15.4. The van der Waals surface area contributed by atoms with Crippen LogP contribution in [0, 0.1) is 5.92 Å². The van der Waals surface area contributed by atoms with E-state index in [4.69, 9.17) is 12.2 Å². The molecule has 130 valence electrons. The van der Waals surface area contributed by atoms with Crippen LogP contribution in [0.25, 0.3) is 0 Å². The number of anilines is 1. The summed E-state index contributed by atoms with van der Waals surface area (Å²) in [7, 11) is -0.479. The van der Waals surface area contributed by atoms with Crippen molar-refractivity contribution >= 4 is 39.3 Å². The van der Waals surface area contributed by atoms with Gasteiger partial charge in [0.1, 0.15) is 0 Å². The highest BCUT2D eigenvalue weighted by Crippen LogP contribution is 2.18. The number of sulfonamides is 1. The molecule has 2 rings (SSSR count). The third-order valence-electron chi connectivity index (χ3n) is 3.63. The van der Waals surface area contributed by atoms with Crippen LogP contribution in [0.3, 0.4) is 0 Å². The molecule has 0 aliphatic heterocycles. The lowest BCUT2D eigenvalue weighted by Crippen LogP contribution is -2.25. The molecule has 8 heteroatoms. The summed E-state index contributed by atoms with van der Waals surface area (Å²) in [5.41, 5.74) is 3.35. The van der Waals surface area contributed by atoms with Crippen LogP contribution in [0.5, 0.6) is 0 Å². The third kappa shape index (κ3) is 5.12. The van der Waals surface area contributed by atoms with Crippen LogP contribution in [-0.2, 0) is 10.0 Å². The lowest BCUT2D eigenvalue weighted by Gasteiger charge is -2.14. The van der Waals surface area contributed by atoms with Crippen LogP contribution >= 0.6 is 12.2 Å². The highest BCUT2D eigenvalue weighted by Gasteiger charge is 2.17. The quantitative estimate of drug-likeness (QED) is 0.363. The van der Waals surface area contributed by atoms with Gasteiger partial charge in [-0.1, -0.05) is 18.2 Å². The number of benzene rings is 1. The van der Waals surface area contributed by atoms with Crippen molar-refractivity contribution in [2.45, 2.75) is 24.2 Å². The smallest absolute Gasteiger partial charge is 0.242 e. The SMILES string of the molecule is CN(C)S(=O)(=O)c1cccc(NC(=S)N/N=C\[C@@H]2CC=CCC2)c1. The highest BCUT2D eigenvalue weighted by molar-refractivity contribution is 7.89. The largest absolute Gasteiger partial charge is 0.331 e. The molecule has 0 amide bonds. The summed E-state index contributed by atoms with van der Waals surface area (Å²) in [5.74, 6) is 0.430. The Morgan fingerprint density at radius 3 is 2.83 bits per heavy atom. The van der Waals surface area contributed by atoms with E-state index in [2.05, 4.69) is 28.0 Å². The summed E-state index contributed by atoms with van der Waals surface area (Å²) in [4.78, 5) is 0.206. The van der Waals surface area contributed by atoms with E-state index in [0.717, 1.165) is 19.3 Å². The third-order valence-corrected chi connectivity index (χ3v) is 5.64. The van der Waals surface area contributed by atoms with Gasteiger partial charge in [0.05, 0.1) is 4.90 Å². The number of rotatable bonds is 5. The Balaban J connectivity index is 1.94. The van der Waals surface area contributed by atoms with Gasteiger partial charge >= 0.3 is 0 Å². The summed E-state index contributed by atoms with van der Waals surface area (Å²) in [6, 6.07) is 6.50. The topological polar surface area (TPSA) is 73.8 Å². The van der Waals surface area contributed by atoms with Crippen molar-refractivity contribution in [1.82, 2.24) is 9.73 Å². The Kier molecular flexibility index (Phi) is 6.47. The first-order valence-corrected chi connectivity index (χ1v) is 9.52. The summed E-state index contributed by atoms with van der Waals surface area (Å²) in [5, 5.41) is 7.41. The minimum absolute atomic E-state index is 0.206. The van der Waals surface area contributed by atoms with Gasteiger partial charge in [-0.05, 0) is 55.6 Å². The number of hydrazone groups is 1. The summed E-state index contributed by atoms with van der Waals surface area (Å²) in [6.07, 6.45) is 9.37. The van der Waals surface area contributed by atoms with Gasteiger partial charge in [0, 0.05) is 26.0 Å². The molecule has 0 aromatic heterocycles. The first-order valence-electron chi connectivity index (χ1n) is 7.67. The minimum atomic E-state index is -3.47. The average Bonchev–Trinajstić information content (AvgIpc) is 2.56. The highest BCUT2D eigenvalue weighted by atomic mass is 32.2. The fraction of sp³-hybridized carbons (Fsp3) is 0.375. The van der Waals surface area contributed by atoms with E-state index < -0.39 is 10.0 Å². The van der Waals surface area contributed by atoms with Crippen LogP contribution < -0.4 is 10.7 Å². The molecule has 1 aromatic carbocycles. The molecule has 0 radical (unpaired) electrons. The van der Waals surface area contributed by atoms with E-state index in [-0.39, 0.29) is 4.90 Å². The molecule has 6 nitrogen and oxygen atoms in total. The van der Waals surface area contributed by atoms with Crippen molar-refractivity contribution in [2.24, 2.45) is 11.0 Å². The second-order valence-corrected chi connectivity index (χ2v) is 8.26. The lowest BCUT2D eigenvalue weighted by atomic mass is 9.96. The Labute approximate surface area is 148 Å². The maximum Gasteiger partial charge on any atom is 0.242 e. The molecule has 0 unspecified atom stereocenters. The Bertz CT molecular complexity index is 742. The van der Waals surface area contributed by atoms with E-state index in [1.54, 1.807) is 24.3 Å². The average molecular weight is 367 g/mol. The molecule has 0 saturated carbocycles. The molecule has 24 heavy (non-hydrogen) atoms. The lowest BCUT2D eigenvalue weighted by molar-refractivity contribution is 0.521. The number of nitrogens with zero attached hydrogens (tertiary/aromatic N) is 2. The molecular formula is C16H22N4O2S2. The number of allylic oxidation sites excluding steroid dienone is 2. The van der Waals surface area contributed by atoms with Crippen molar-refractivity contribution in [3.8, 4) is 0 Å². The monoisotopic (exact) mass is 366 g/mol. The van der Waals surface area contributed by atoms with E-state index in [1.807, 2.05) is 6.21 Å². The molecule has 0 spiro atoms. The number of thiocarbonyl (C=S) groups is 1. The van der Waals surface area contributed by atoms with Crippen LogP contribution in [0.2, 0.25) is 0 Å². The van der Waals surface area contributed by atoms with Crippen LogP contribution in [-0.4, -0.2) is 38.1 Å². The fourth-order valence-electron chi connectivity index (χ4n) is 2.26. The molecule has 0 fully saturated rings. The predicted molar refractivity (Wildman–Crippen MR) is 102 cm³/mol. The zero-order chi connectivity index (χ0) is 17.6. The van der Waals surface area contributed by atoms with E-state index in [0.29, 0.717) is 16.7 Å². The van der Waals surface area contributed by atoms with Gasteiger partial charge in [-0.2, -0.15) is 5.10 Å². The van der Waals surface area contributed by atoms with E-state index in [1.165, 1.54) is 18.4 Å². The molecule has 0 heterocycles. The Morgan fingerprint density at radius 2 is 2.17 bits per heavy atom. The Hall–Kier alpha value is -1.77. The standard InChI is InChI=1S/C16H22N4O2S2/c1-20(2)24(21,22)15-10-6-9-14(11-15)18-16(23)19-17-12-13-7-4-3-5-8-13/h3-4,6,9-13H,5,7-8H2,1-2H3,(H2,18,19,23)/b17-12-/t13-/m1/s1. The maximum absolute atomic E-state index is 12.1. The normalized spacial score (nSPS) is 18.0. The van der Waals surface area contributed by atoms with Gasteiger partial charge in [-0.15, -0.1) is 0 Å². The number of hydrogen-bond donors (Lipinski definition) is 2. The molecule has 1 aliphatic carbocycles. The number of hydrogen-bond acceptors (Lipinski definition) is 4. The van der Waals surface area contributed by atoms with E-state index >= 15 is 0 Å². The van der Waals surface area contributed by atoms with Gasteiger partial charge in [-0.25, -0.2) is 12.7 Å². The van der Waals surface area contributed by atoms with Gasteiger partial charge in [-0.3, -0.25) is 5.43 Å². The molecule has 1 aromatic rings. The van der Waals surface area contributed by atoms with Crippen LogP contribution in [0.4, 0.5) is 5.69 Å². The second kappa shape index (κ2) is 8.36. The Morgan fingerprint density at radius 1 is 1.38 bits per heavy atom. The van der Waals surface area contributed by atoms with Crippen LogP contribution in [0.1, 0.15) is 19.3 Å². The van der Waals surface area contributed by atoms with Gasteiger partial charge in [0.25, 0.3) is 0 Å². The van der Waals surface area contributed by atoms with Gasteiger partial charge < -0.3 is 5.32 Å². The van der Waals surface area contributed by atoms with Gasteiger partial charge in [0.2, 0.25) is 10.0 Å². The van der Waals surface area contributed by atoms with Crippen molar-refractivity contribution in [3.05, 3.63) is 36.4 Å². The molecule has 0 saturated heterocycles. The maximum atomic E-state index is 12.1. The first kappa shape index (κ1) is 18.6. The molecule has 2 N–H and O–H groups in total. The molecule has 1 atom stereocenters. The number of nitrogens with one attached hydrogen (secondary N) is 2. The molecule has 1 aliphatic rings. The summed E-state index contributed by atoms with van der Waals surface area (Å²) >= 11 is 5.18.